The molecular formula is C21H24F3N5O6S2. The summed E-state index contributed by atoms with van der Waals surface area (Å²) in [6, 6.07) is 3.46. The van der Waals surface area contributed by atoms with E-state index in [2.05, 4.69) is 19.5 Å². The van der Waals surface area contributed by atoms with Crippen LogP contribution in [0.15, 0.2) is 37.9 Å². The lowest BCUT2D eigenvalue weighted by Crippen LogP contribution is -2.34. The van der Waals surface area contributed by atoms with Gasteiger partial charge in [0.2, 0.25) is 10.0 Å². The van der Waals surface area contributed by atoms with E-state index in [1.165, 1.54) is 12.1 Å². The number of alkyl halides is 3. The fraction of sp³-hybridized carbons (Fsp3) is 0.381. The largest absolute Gasteiger partial charge is 0.505 e. The van der Waals surface area contributed by atoms with Gasteiger partial charge in [-0.15, -0.1) is 4.40 Å². The third-order valence-electron chi connectivity index (χ3n) is 5.14. The molecule has 37 heavy (non-hydrogen) atoms. The van der Waals surface area contributed by atoms with Crippen LogP contribution >= 0.6 is 0 Å². The van der Waals surface area contributed by atoms with Crippen LogP contribution in [0, 0.1) is 5.92 Å². The average molecular weight is 564 g/mol. The maximum absolute atomic E-state index is 13.2. The molecule has 1 aliphatic heterocycles. The van der Waals surface area contributed by atoms with Crippen molar-refractivity contribution in [2.45, 2.75) is 44.8 Å². The molecular weight excluding hydrogens is 539 g/mol. The topological polar surface area (TPSA) is 160 Å². The molecule has 0 fully saturated rings. The number of allylic oxidation sites excluding steroid dienone is 1. The van der Waals surface area contributed by atoms with Crippen LogP contribution in [0.5, 0.6) is 5.75 Å². The maximum Gasteiger partial charge on any atom is 0.412 e. The quantitative estimate of drug-likeness (QED) is 0.464. The zero-order valence-electron chi connectivity index (χ0n) is 20.1. The Bertz CT molecular complexity index is 1580. The molecule has 1 aliphatic rings. The summed E-state index contributed by atoms with van der Waals surface area (Å²) in [4.78, 5) is 12.8. The monoisotopic (exact) mass is 563 g/mol. The summed E-state index contributed by atoms with van der Waals surface area (Å²) >= 11 is 0. The van der Waals surface area contributed by atoms with Crippen LogP contribution in [0.2, 0.25) is 0 Å². The van der Waals surface area contributed by atoms with Gasteiger partial charge in [-0.2, -0.15) is 26.7 Å². The van der Waals surface area contributed by atoms with Crippen LogP contribution in [-0.4, -0.2) is 50.0 Å². The Balaban J connectivity index is 2.21. The zero-order chi connectivity index (χ0) is 27.9. The number of amidine groups is 1. The summed E-state index contributed by atoms with van der Waals surface area (Å²) in [6.07, 6.45) is -2.92. The molecule has 0 spiro atoms. The van der Waals surface area contributed by atoms with Gasteiger partial charge in [0.25, 0.3) is 15.6 Å². The SMILES string of the molecule is C/C(=C\c1nn(CCC(C)C)c(=O)c(C2=NS(=O)(=O)c3cc(NS(C)(=O)=O)ccc3N2)c1O)C(F)(F)F. The van der Waals surface area contributed by atoms with Gasteiger partial charge in [-0.05, 0) is 43.5 Å². The average Bonchev–Trinajstić information content (AvgIpc) is 2.73. The Morgan fingerprint density at radius 1 is 1.30 bits per heavy atom. The van der Waals surface area contributed by atoms with Crippen molar-refractivity contribution in [1.29, 1.82) is 0 Å². The highest BCUT2D eigenvalue weighted by Crippen LogP contribution is 2.34. The van der Waals surface area contributed by atoms with Crippen LogP contribution in [0.25, 0.3) is 6.08 Å². The number of fused-ring (bicyclic) bond motifs is 1. The lowest BCUT2D eigenvalue weighted by atomic mass is 10.1. The first-order valence-electron chi connectivity index (χ1n) is 10.7. The minimum Gasteiger partial charge on any atom is -0.505 e. The Kier molecular flexibility index (Phi) is 7.47. The lowest BCUT2D eigenvalue weighted by molar-refractivity contribution is -0.0903. The second kappa shape index (κ2) is 9.81. The molecule has 3 N–H and O–H groups in total. The van der Waals surface area contributed by atoms with Crippen molar-refractivity contribution < 1.29 is 35.1 Å². The highest BCUT2D eigenvalue weighted by atomic mass is 32.2. The predicted molar refractivity (Wildman–Crippen MR) is 132 cm³/mol. The first-order valence-corrected chi connectivity index (χ1v) is 14.1. The van der Waals surface area contributed by atoms with E-state index < -0.39 is 65.1 Å². The van der Waals surface area contributed by atoms with Crippen LogP contribution in [-0.2, 0) is 26.6 Å². The summed E-state index contributed by atoms with van der Waals surface area (Å²) in [6.45, 7) is 4.44. The molecule has 0 saturated carbocycles. The van der Waals surface area contributed by atoms with Crippen molar-refractivity contribution in [3.05, 3.63) is 45.4 Å². The molecule has 0 amide bonds. The fourth-order valence-electron chi connectivity index (χ4n) is 3.26. The standard InChI is InChI=1S/C21H24F3N5O6S2/c1-11(2)7-8-29-20(31)17(18(30)15(26-29)9-12(3)21(22,23)24)19-25-14-6-5-13(27-36(4,32)33)10-16(14)37(34,35)28-19/h5-6,9-11,27,30H,7-8H2,1-4H3,(H,25,28)/b12-9+. The van der Waals surface area contributed by atoms with Gasteiger partial charge in [0.05, 0.1) is 11.9 Å². The highest BCUT2D eigenvalue weighted by molar-refractivity contribution is 7.92. The van der Waals surface area contributed by atoms with Crippen molar-refractivity contribution in [2.24, 2.45) is 10.3 Å². The van der Waals surface area contributed by atoms with E-state index in [-0.39, 0.29) is 23.8 Å². The van der Waals surface area contributed by atoms with Gasteiger partial charge >= 0.3 is 6.18 Å². The van der Waals surface area contributed by atoms with E-state index >= 15 is 0 Å². The second-order valence-electron chi connectivity index (χ2n) is 8.77. The molecule has 0 unspecified atom stereocenters. The van der Waals surface area contributed by atoms with Crippen molar-refractivity contribution in [1.82, 2.24) is 9.78 Å². The zero-order valence-corrected chi connectivity index (χ0v) is 21.7. The molecule has 1 aromatic heterocycles. The molecule has 0 aliphatic carbocycles. The number of nitrogens with one attached hydrogen (secondary N) is 2. The number of nitrogens with zero attached hydrogens (tertiary/aromatic N) is 3. The van der Waals surface area contributed by atoms with Gasteiger partial charge in [-0.3, -0.25) is 9.52 Å². The molecule has 2 heterocycles. The minimum absolute atomic E-state index is 0.0210. The summed E-state index contributed by atoms with van der Waals surface area (Å²) < 4.78 is 94.8. The smallest absolute Gasteiger partial charge is 0.412 e. The maximum atomic E-state index is 13.2. The Hall–Kier alpha value is -3.40. The normalized spacial score (nSPS) is 15.7. The predicted octanol–water partition coefficient (Wildman–Crippen LogP) is 2.89. The van der Waals surface area contributed by atoms with Crippen molar-refractivity contribution in [3.8, 4) is 5.75 Å². The van der Waals surface area contributed by atoms with Gasteiger partial charge < -0.3 is 10.4 Å². The number of sulfonamides is 2. The highest BCUT2D eigenvalue weighted by Gasteiger charge is 2.33. The molecule has 16 heteroatoms. The molecule has 0 saturated heterocycles. The van der Waals surface area contributed by atoms with Gasteiger partial charge in [0.15, 0.2) is 11.6 Å². The Labute approximate surface area is 210 Å². The number of halogens is 3. The number of aromatic nitrogens is 2. The van der Waals surface area contributed by atoms with Crippen molar-refractivity contribution in [2.75, 3.05) is 16.3 Å². The number of aromatic hydroxyl groups is 1. The molecule has 0 bridgehead atoms. The van der Waals surface area contributed by atoms with Gasteiger partial charge in [-0.25, -0.2) is 13.1 Å². The number of rotatable bonds is 7. The van der Waals surface area contributed by atoms with Crippen molar-refractivity contribution >= 4 is 43.3 Å². The Morgan fingerprint density at radius 2 is 1.95 bits per heavy atom. The molecule has 3 rings (SSSR count). The summed E-state index contributed by atoms with van der Waals surface area (Å²) in [5.41, 5.74) is -3.54. The van der Waals surface area contributed by atoms with Gasteiger partial charge in [0.1, 0.15) is 16.2 Å². The number of hydrogen-bond donors (Lipinski definition) is 3. The first kappa shape index (κ1) is 28.2. The molecule has 1 aromatic carbocycles. The van der Waals surface area contributed by atoms with Gasteiger partial charge in [-0.1, -0.05) is 13.8 Å². The lowest BCUT2D eigenvalue weighted by Gasteiger charge is -2.20. The Morgan fingerprint density at radius 3 is 2.51 bits per heavy atom. The van der Waals surface area contributed by atoms with E-state index in [9.17, 15) is 39.9 Å². The van der Waals surface area contributed by atoms with E-state index in [0.717, 1.165) is 23.9 Å². The van der Waals surface area contributed by atoms with Crippen LogP contribution in [0.3, 0.4) is 0 Å². The van der Waals surface area contributed by atoms with Crippen LogP contribution in [0.1, 0.15) is 38.4 Å². The number of benzene rings is 1. The fourth-order valence-corrected chi connectivity index (χ4v) is 4.96. The number of anilines is 2. The summed E-state index contributed by atoms with van der Waals surface area (Å²) in [7, 11) is -8.25. The molecule has 2 aromatic rings. The van der Waals surface area contributed by atoms with Crippen molar-refractivity contribution in [3.63, 3.8) is 0 Å². The van der Waals surface area contributed by atoms with Crippen LogP contribution < -0.4 is 15.6 Å². The van der Waals surface area contributed by atoms with Crippen LogP contribution in [0.4, 0.5) is 24.5 Å². The number of hydrogen-bond acceptors (Lipinski definition) is 8. The molecule has 11 nitrogen and oxygen atoms in total. The summed E-state index contributed by atoms with van der Waals surface area (Å²) in [5, 5.41) is 17.2. The molecule has 0 atom stereocenters. The molecule has 202 valence electrons. The second-order valence-corrected chi connectivity index (χ2v) is 12.1. The van der Waals surface area contributed by atoms with E-state index in [0.29, 0.717) is 12.5 Å². The minimum atomic E-state index is -4.74. The van der Waals surface area contributed by atoms with Gasteiger partial charge in [0, 0.05) is 17.8 Å². The van der Waals surface area contributed by atoms with E-state index in [1.807, 2.05) is 13.8 Å². The number of aryl methyl sites for hydroxylation is 1. The van der Waals surface area contributed by atoms with E-state index in [4.69, 9.17) is 0 Å². The first-order chi connectivity index (χ1) is 16.9. The third kappa shape index (κ3) is 6.49. The third-order valence-corrected chi connectivity index (χ3v) is 7.06. The summed E-state index contributed by atoms with van der Waals surface area (Å²) in [5.74, 6) is -1.53. The van der Waals surface area contributed by atoms with E-state index in [1.54, 1.807) is 0 Å². The molecule has 0 radical (unpaired) electrons.